The van der Waals surface area contributed by atoms with E-state index >= 15 is 0 Å². The van der Waals surface area contributed by atoms with E-state index in [4.69, 9.17) is 0 Å². The van der Waals surface area contributed by atoms with Gasteiger partial charge in [0.25, 0.3) is 0 Å². The van der Waals surface area contributed by atoms with Gasteiger partial charge in [0.15, 0.2) is 0 Å². The van der Waals surface area contributed by atoms with Gasteiger partial charge in [0.1, 0.15) is 10.8 Å². The molecular formula is C21H20FN3O2S. The second-order valence-electron chi connectivity index (χ2n) is 6.11. The minimum absolute atomic E-state index is 0.0410. The van der Waals surface area contributed by atoms with E-state index in [9.17, 15) is 14.0 Å². The fraction of sp³-hybridized carbons (Fsp3) is 0.190. The van der Waals surface area contributed by atoms with Crippen molar-refractivity contribution in [2.75, 3.05) is 13.1 Å². The van der Waals surface area contributed by atoms with Crippen LogP contribution in [0.5, 0.6) is 0 Å². The number of carbonyl (C=O) groups is 2. The van der Waals surface area contributed by atoms with E-state index in [0.29, 0.717) is 6.54 Å². The Hall–Kier alpha value is -3.06. The van der Waals surface area contributed by atoms with Crippen LogP contribution in [0, 0.1) is 5.82 Å². The predicted octanol–water partition coefficient (Wildman–Crippen LogP) is 3.61. The zero-order valence-corrected chi connectivity index (χ0v) is 16.2. The topological polar surface area (TPSA) is 62.3 Å². The molecule has 144 valence electrons. The lowest BCUT2D eigenvalue weighted by atomic mass is 10.2. The van der Waals surface area contributed by atoms with Crippen LogP contribution < -0.4 is 5.32 Å². The standard InChI is InChI=1S/C21H20FN3O2S/c1-2-25(14-19(26)23-13-15-7-9-16(22)10-8-15)21(27)12-11-20-24-17-5-3-4-6-18(17)28-20/h3-12H,2,13-14H2,1H3,(H,23,26). The van der Waals surface area contributed by atoms with Crippen LogP contribution in [-0.2, 0) is 16.1 Å². The molecule has 0 saturated heterocycles. The Morgan fingerprint density at radius 1 is 1.18 bits per heavy atom. The van der Waals surface area contributed by atoms with Gasteiger partial charge in [-0.2, -0.15) is 0 Å². The zero-order valence-electron chi connectivity index (χ0n) is 15.4. The second-order valence-corrected chi connectivity index (χ2v) is 7.17. The first-order valence-corrected chi connectivity index (χ1v) is 9.70. The lowest BCUT2D eigenvalue weighted by molar-refractivity contribution is -0.132. The Kier molecular flexibility index (Phi) is 6.49. The number of hydrogen-bond donors (Lipinski definition) is 1. The molecule has 2 aromatic carbocycles. The summed E-state index contributed by atoms with van der Waals surface area (Å²) in [5.74, 6) is -0.843. The number of carbonyl (C=O) groups excluding carboxylic acids is 2. The van der Waals surface area contributed by atoms with E-state index in [1.54, 1.807) is 18.2 Å². The molecule has 0 aliphatic carbocycles. The number of nitrogens with zero attached hydrogens (tertiary/aromatic N) is 2. The van der Waals surface area contributed by atoms with Gasteiger partial charge in [0.05, 0.1) is 16.8 Å². The smallest absolute Gasteiger partial charge is 0.247 e. The lowest BCUT2D eigenvalue weighted by Crippen LogP contribution is -2.39. The molecule has 5 nitrogen and oxygen atoms in total. The predicted molar refractivity (Wildman–Crippen MR) is 109 cm³/mol. The summed E-state index contributed by atoms with van der Waals surface area (Å²) in [4.78, 5) is 30.4. The molecule has 0 aliphatic heterocycles. The molecule has 28 heavy (non-hydrogen) atoms. The third-order valence-corrected chi connectivity index (χ3v) is 5.11. The van der Waals surface area contributed by atoms with Gasteiger partial charge in [-0.3, -0.25) is 9.59 Å². The fourth-order valence-corrected chi connectivity index (χ4v) is 3.46. The van der Waals surface area contributed by atoms with Crippen molar-refractivity contribution in [2.24, 2.45) is 0 Å². The van der Waals surface area contributed by atoms with E-state index < -0.39 is 0 Å². The van der Waals surface area contributed by atoms with Crippen LogP contribution in [0.1, 0.15) is 17.5 Å². The molecule has 7 heteroatoms. The Morgan fingerprint density at radius 3 is 2.64 bits per heavy atom. The molecule has 0 unspecified atom stereocenters. The normalized spacial score (nSPS) is 11.1. The van der Waals surface area contributed by atoms with Gasteiger partial charge in [0.2, 0.25) is 11.8 Å². The van der Waals surface area contributed by atoms with E-state index in [2.05, 4.69) is 10.3 Å². The number of rotatable bonds is 7. The van der Waals surface area contributed by atoms with Crippen LogP contribution in [0.15, 0.2) is 54.6 Å². The molecule has 3 rings (SSSR count). The molecule has 0 fully saturated rings. The summed E-state index contributed by atoms with van der Waals surface area (Å²) >= 11 is 1.50. The number of nitrogens with one attached hydrogen (secondary N) is 1. The summed E-state index contributed by atoms with van der Waals surface area (Å²) < 4.78 is 14.0. The van der Waals surface area contributed by atoms with Crippen LogP contribution in [0.2, 0.25) is 0 Å². The maximum atomic E-state index is 12.9. The maximum absolute atomic E-state index is 12.9. The molecule has 2 amide bonds. The molecule has 1 aromatic heterocycles. The van der Waals surface area contributed by atoms with Crippen molar-refractivity contribution in [1.29, 1.82) is 0 Å². The average Bonchev–Trinajstić information content (AvgIpc) is 3.13. The molecular weight excluding hydrogens is 377 g/mol. The summed E-state index contributed by atoms with van der Waals surface area (Å²) in [5, 5.41) is 3.48. The minimum Gasteiger partial charge on any atom is -0.350 e. The Labute approximate surface area is 166 Å². The number of amides is 2. The Balaban J connectivity index is 1.54. The van der Waals surface area contributed by atoms with Gasteiger partial charge >= 0.3 is 0 Å². The van der Waals surface area contributed by atoms with Gasteiger partial charge < -0.3 is 10.2 Å². The third-order valence-electron chi connectivity index (χ3n) is 4.11. The average molecular weight is 397 g/mol. The lowest BCUT2D eigenvalue weighted by Gasteiger charge is -2.18. The highest BCUT2D eigenvalue weighted by Gasteiger charge is 2.13. The van der Waals surface area contributed by atoms with Crippen LogP contribution in [-0.4, -0.2) is 34.8 Å². The second kappa shape index (κ2) is 9.23. The van der Waals surface area contributed by atoms with Gasteiger partial charge in [-0.25, -0.2) is 9.37 Å². The van der Waals surface area contributed by atoms with Crippen LogP contribution >= 0.6 is 11.3 Å². The van der Waals surface area contributed by atoms with Crippen molar-refractivity contribution < 1.29 is 14.0 Å². The van der Waals surface area contributed by atoms with E-state index in [1.165, 1.54) is 34.4 Å². The largest absolute Gasteiger partial charge is 0.350 e. The number of para-hydroxylation sites is 1. The van der Waals surface area contributed by atoms with Crippen molar-refractivity contribution in [3.63, 3.8) is 0 Å². The number of benzene rings is 2. The minimum atomic E-state index is -0.322. The Bertz CT molecular complexity index is 965. The summed E-state index contributed by atoms with van der Waals surface area (Å²) in [6.45, 7) is 2.47. The summed E-state index contributed by atoms with van der Waals surface area (Å²) in [5.41, 5.74) is 1.69. The quantitative estimate of drug-likeness (QED) is 0.620. The molecule has 1 N–H and O–H groups in total. The third kappa shape index (κ3) is 5.23. The number of thiazole rings is 1. The van der Waals surface area contributed by atoms with Gasteiger partial charge in [-0.1, -0.05) is 24.3 Å². The van der Waals surface area contributed by atoms with Crippen molar-refractivity contribution >= 4 is 39.4 Å². The molecule has 0 atom stereocenters. The van der Waals surface area contributed by atoms with E-state index in [0.717, 1.165) is 20.8 Å². The number of halogens is 1. The number of likely N-dealkylation sites (N-methyl/N-ethyl adjacent to an activating group) is 1. The van der Waals surface area contributed by atoms with Gasteiger partial charge in [0, 0.05) is 19.2 Å². The highest BCUT2D eigenvalue weighted by atomic mass is 32.1. The first-order valence-electron chi connectivity index (χ1n) is 8.89. The van der Waals surface area contributed by atoms with Crippen LogP contribution in [0.25, 0.3) is 16.3 Å². The maximum Gasteiger partial charge on any atom is 0.247 e. The molecule has 0 saturated carbocycles. The fourth-order valence-electron chi connectivity index (χ4n) is 2.59. The van der Waals surface area contributed by atoms with Gasteiger partial charge in [-0.05, 0) is 42.8 Å². The van der Waals surface area contributed by atoms with Gasteiger partial charge in [-0.15, -0.1) is 11.3 Å². The molecule has 1 heterocycles. The first kappa shape index (κ1) is 19.7. The van der Waals surface area contributed by atoms with E-state index in [1.807, 2.05) is 31.2 Å². The number of hydrogen-bond acceptors (Lipinski definition) is 4. The summed E-state index contributed by atoms with van der Waals surface area (Å²) in [6, 6.07) is 13.7. The highest BCUT2D eigenvalue weighted by molar-refractivity contribution is 7.19. The highest BCUT2D eigenvalue weighted by Crippen LogP contribution is 2.22. The zero-order chi connectivity index (χ0) is 19.9. The summed E-state index contributed by atoms with van der Waals surface area (Å²) in [7, 11) is 0. The molecule has 0 spiro atoms. The van der Waals surface area contributed by atoms with Crippen molar-refractivity contribution in [3.8, 4) is 0 Å². The monoisotopic (exact) mass is 397 g/mol. The molecule has 3 aromatic rings. The van der Waals surface area contributed by atoms with Crippen molar-refractivity contribution in [2.45, 2.75) is 13.5 Å². The SMILES string of the molecule is CCN(CC(=O)NCc1ccc(F)cc1)C(=O)C=Cc1nc2ccccc2s1. The van der Waals surface area contributed by atoms with Crippen molar-refractivity contribution in [1.82, 2.24) is 15.2 Å². The number of aromatic nitrogens is 1. The van der Waals surface area contributed by atoms with E-state index in [-0.39, 0.29) is 30.7 Å². The molecule has 0 aliphatic rings. The molecule has 0 bridgehead atoms. The van der Waals surface area contributed by atoms with Crippen molar-refractivity contribution in [3.05, 3.63) is 71.0 Å². The number of fused-ring (bicyclic) bond motifs is 1. The van der Waals surface area contributed by atoms with Crippen LogP contribution in [0.4, 0.5) is 4.39 Å². The first-order chi connectivity index (χ1) is 13.5. The Morgan fingerprint density at radius 2 is 1.93 bits per heavy atom. The summed E-state index contributed by atoms with van der Waals surface area (Å²) in [6.07, 6.45) is 3.11. The molecule has 0 radical (unpaired) electrons. The van der Waals surface area contributed by atoms with Crippen LogP contribution in [0.3, 0.4) is 0 Å².